The topological polar surface area (TPSA) is 71.9 Å². The quantitative estimate of drug-likeness (QED) is 0.555. The van der Waals surface area contributed by atoms with E-state index in [1.165, 1.54) is 23.7 Å². The molecular weight excluding hydrogens is 346 g/mol. The second-order valence-electron chi connectivity index (χ2n) is 5.77. The number of pyridine rings is 1. The molecule has 4 rings (SSSR count). The van der Waals surface area contributed by atoms with E-state index in [1.807, 2.05) is 37.3 Å². The normalized spacial score (nSPS) is 10.8. The van der Waals surface area contributed by atoms with E-state index in [1.54, 1.807) is 17.3 Å². The van der Waals surface area contributed by atoms with Gasteiger partial charge < -0.3 is 0 Å². The van der Waals surface area contributed by atoms with Crippen molar-refractivity contribution in [3.63, 3.8) is 0 Å². The lowest BCUT2D eigenvalue weighted by molar-refractivity contribution is 0.0979. The van der Waals surface area contributed by atoms with Gasteiger partial charge in [0.1, 0.15) is 5.69 Å². The maximum absolute atomic E-state index is 13.1. The van der Waals surface area contributed by atoms with Crippen LogP contribution in [0, 0.1) is 6.92 Å². The number of aromatic nitrogens is 4. The molecule has 0 unspecified atom stereocenters. The summed E-state index contributed by atoms with van der Waals surface area (Å²) in [6.07, 6.45) is 6.22. The monoisotopic (exact) mass is 361 g/mol. The number of rotatable bonds is 4. The van der Waals surface area contributed by atoms with Gasteiger partial charge in [-0.05, 0) is 36.8 Å². The van der Waals surface area contributed by atoms with Crippen molar-refractivity contribution >= 4 is 32.6 Å². The predicted octanol–water partition coefficient (Wildman–Crippen LogP) is 3.64. The maximum Gasteiger partial charge on any atom is 0.280 e. The number of fused-ring (bicyclic) bond motifs is 1. The second-order valence-corrected chi connectivity index (χ2v) is 6.78. The van der Waals surface area contributed by atoms with Crippen LogP contribution in [0.15, 0.2) is 61.2 Å². The number of anilines is 1. The van der Waals surface area contributed by atoms with Gasteiger partial charge in [-0.2, -0.15) is 0 Å². The molecule has 3 heterocycles. The minimum absolute atomic E-state index is 0.250. The summed E-state index contributed by atoms with van der Waals surface area (Å²) in [4.78, 5) is 31.8. The van der Waals surface area contributed by atoms with Gasteiger partial charge in [-0.15, -0.1) is 0 Å². The molecule has 0 aliphatic carbocycles. The Morgan fingerprint density at radius 2 is 2.04 bits per heavy atom. The van der Waals surface area contributed by atoms with Crippen molar-refractivity contribution in [2.24, 2.45) is 0 Å². The average molecular weight is 361 g/mol. The third-order valence-corrected chi connectivity index (χ3v) is 4.88. The van der Waals surface area contributed by atoms with Crippen LogP contribution in [0.1, 0.15) is 21.7 Å². The molecule has 128 valence electrons. The van der Waals surface area contributed by atoms with Gasteiger partial charge >= 0.3 is 0 Å². The third-order valence-electron chi connectivity index (χ3n) is 3.84. The molecule has 0 bridgehead atoms. The van der Waals surface area contributed by atoms with Crippen molar-refractivity contribution in [1.82, 2.24) is 19.9 Å². The van der Waals surface area contributed by atoms with Crippen molar-refractivity contribution in [3.8, 4) is 0 Å². The van der Waals surface area contributed by atoms with Crippen LogP contribution >= 0.6 is 11.3 Å². The van der Waals surface area contributed by atoms with E-state index < -0.39 is 0 Å². The van der Waals surface area contributed by atoms with Crippen molar-refractivity contribution in [2.75, 3.05) is 4.90 Å². The summed E-state index contributed by atoms with van der Waals surface area (Å²) in [5.74, 6) is -0.250. The zero-order valence-electron chi connectivity index (χ0n) is 14.0. The number of carbonyl (C=O) groups is 1. The molecule has 0 atom stereocenters. The molecule has 0 spiro atoms. The predicted molar refractivity (Wildman–Crippen MR) is 101 cm³/mol. The van der Waals surface area contributed by atoms with Crippen LogP contribution in [0.2, 0.25) is 0 Å². The number of carbonyl (C=O) groups excluding carboxylic acids is 1. The molecule has 4 aromatic rings. The first-order valence-electron chi connectivity index (χ1n) is 8.06. The standard InChI is InChI=1S/C19H15N5OS/c1-13-5-6-15-17(10-13)26-19(23-15)24(12-14-4-2-3-7-21-14)18(25)16-11-20-8-9-22-16/h2-11H,12H2,1H3. The Balaban J connectivity index is 1.77. The first-order chi connectivity index (χ1) is 12.7. The fourth-order valence-corrected chi connectivity index (χ4v) is 3.62. The molecule has 0 fully saturated rings. The van der Waals surface area contributed by atoms with E-state index in [9.17, 15) is 4.79 Å². The molecule has 0 aliphatic heterocycles. The maximum atomic E-state index is 13.1. The fourth-order valence-electron chi connectivity index (χ4n) is 2.56. The van der Waals surface area contributed by atoms with E-state index >= 15 is 0 Å². The Hall–Kier alpha value is -3.19. The summed E-state index contributed by atoms with van der Waals surface area (Å²) in [5, 5.41) is 0.618. The van der Waals surface area contributed by atoms with Gasteiger partial charge in [-0.25, -0.2) is 9.97 Å². The number of benzene rings is 1. The highest BCUT2D eigenvalue weighted by Gasteiger charge is 2.23. The van der Waals surface area contributed by atoms with Crippen LogP contribution in [0.25, 0.3) is 10.2 Å². The molecule has 0 N–H and O–H groups in total. The summed E-state index contributed by atoms with van der Waals surface area (Å²) in [5.41, 5.74) is 3.08. The molecule has 6 nitrogen and oxygen atoms in total. The zero-order chi connectivity index (χ0) is 17.9. The fraction of sp³-hybridized carbons (Fsp3) is 0.105. The lowest BCUT2D eigenvalue weighted by atomic mass is 10.2. The number of aryl methyl sites for hydroxylation is 1. The molecule has 7 heteroatoms. The lowest BCUT2D eigenvalue weighted by Gasteiger charge is -2.18. The third kappa shape index (κ3) is 3.29. The first kappa shape index (κ1) is 16.3. The Morgan fingerprint density at radius 1 is 1.12 bits per heavy atom. The van der Waals surface area contributed by atoms with Crippen LogP contribution in [-0.4, -0.2) is 25.8 Å². The Kier molecular flexibility index (Phi) is 4.37. The van der Waals surface area contributed by atoms with E-state index in [-0.39, 0.29) is 11.6 Å². The Labute approximate surface area is 154 Å². The summed E-state index contributed by atoms with van der Waals surface area (Å²) in [6, 6.07) is 11.7. The zero-order valence-corrected chi connectivity index (χ0v) is 14.8. The van der Waals surface area contributed by atoms with Crippen LogP contribution in [0.3, 0.4) is 0 Å². The van der Waals surface area contributed by atoms with E-state index in [0.717, 1.165) is 21.5 Å². The molecule has 0 saturated carbocycles. The van der Waals surface area contributed by atoms with Gasteiger partial charge in [0.05, 0.1) is 28.7 Å². The number of thiazole rings is 1. The molecular formula is C19H15N5OS. The van der Waals surface area contributed by atoms with Gasteiger partial charge in [0.2, 0.25) is 0 Å². The molecule has 26 heavy (non-hydrogen) atoms. The second kappa shape index (κ2) is 6.97. The minimum Gasteiger partial charge on any atom is -0.276 e. The van der Waals surface area contributed by atoms with Crippen molar-refractivity contribution in [3.05, 3.63) is 78.1 Å². The Morgan fingerprint density at radius 3 is 2.81 bits per heavy atom. The van der Waals surface area contributed by atoms with Gasteiger partial charge in [0.25, 0.3) is 5.91 Å². The smallest absolute Gasteiger partial charge is 0.276 e. The molecule has 0 radical (unpaired) electrons. The van der Waals surface area contributed by atoms with Crippen molar-refractivity contribution in [2.45, 2.75) is 13.5 Å². The summed E-state index contributed by atoms with van der Waals surface area (Å²) >= 11 is 1.48. The van der Waals surface area contributed by atoms with Crippen molar-refractivity contribution < 1.29 is 4.79 Å². The minimum atomic E-state index is -0.250. The highest BCUT2D eigenvalue weighted by molar-refractivity contribution is 7.22. The van der Waals surface area contributed by atoms with E-state index in [0.29, 0.717) is 11.7 Å². The SMILES string of the molecule is Cc1ccc2nc(N(Cc3ccccn3)C(=O)c3cnccn3)sc2c1. The van der Waals surface area contributed by atoms with Crippen LogP contribution in [0.4, 0.5) is 5.13 Å². The molecule has 1 aromatic carbocycles. The first-order valence-corrected chi connectivity index (χ1v) is 8.87. The molecule has 0 saturated heterocycles. The van der Waals surface area contributed by atoms with E-state index in [4.69, 9.17) is 0 Å². The number of amides is 1. The van der Waals surface area contributed by atoms with Crippen molar-refractivity contribution in [1.29, 1.82) is 0 Å². The largest absolute Gasteiger partial charge is 0.280 e. The summed E-state index contributed by atoms with van der Waals surface area (Å²) < 4.78 is 1.04. The summed E-state index contributed by atoms with van der Waals surface area (Å²) in [7, 11) is 0. The van der Waals surface area contributed by atoms with Crippen LogP contribution in [-0.2, 0) is 6.54 Å². The number of hydrogen-bond donors (Lipinski definition) is 0. The van der Waals surface area contributed by atoms with Gasteiger partial charge in [-0.1, -0.05) is 23.5 Å². The number of nitrogens with zero attached hydrogens (tertiary/aromatic N) is 5. The number of hydrogen-bond acceptors (Lipinski definition) is 6. The summed E-state index contributed by atoms with van der Waals surface area (Å²) in [6.45, 7) is 2.35. The molecule has 3 aromatic heterocycles. The highest BCUT2D eigenvalue weighted by Crippen LogP contribution is 2.31. The molecule has 1 amide bonds. The van der Waals surface area contributed by atoms with Gasteiger partial charge in [0, 0.05) is 18.6 Å². The van der Waals surface area contributed by atoms with Gasteiger partial charge in [0.15, 0.2) is 5.13 Å². The lowest BCUT2D eigenvalue weighted by Crippen LogP contribution is -2.31. The Bertz CT molecular complexity index is 1050. The average Bonchev–Trinajstić information content (AvgIpc) is 3.10. The van der Waals surface area contributed by atoms with E-state index in [2.05, 4.69) is 26.0 Å². The van der Waals surface area contributed by atoms with Crippen LogP contribution < -0.4 is 4.90 Å². The van der Waals surface area contributed by atoms with Crippen LogP contribution in [0.5, 0.6) is 0 Å². The highest BCUT2D eigenvalue weighted by atomic mass is 32.1. The van der Waals surface area contributed by atoms with Gasteiger partial charge in [-0.3, -0.25) is 19.7 Å². The molecule has 0 aliphatic rings.